The largest absolute Gasteiger partial charge is 0.369 e. The Kier molecular flexibility index (Phi) is 5.95. The first-order valence-corrected chi connectivity index (χ1v) is 13.3. The average Bonchev–Trinajstić information content (AvgIpc) is 3.83. The quantitative estimate of drug-likeness (QED) is 0.420. The number of rotatable bonds is 9. The number of primary amides is 1. The van der Waals surface area contributed by atoms with Crippen molar-refractivity contribution in [1.82, 2.24) is 9.55 Å². The minimum absolute atomic E-state index is 0.314. The van der Waals surface area contributed by atoms with E-state index in [-0.39, 0.29) is 11.7 Å². The number of halogens is 1. The number of ether oxygens (including phenoxy) is 1. The summed E-state index contributed by atoms with van der Waals surface area (Å²) in [6.45, 7) is 1.69. The SMILES string of the molecule is NC(=O)C1(c2ccc(F)cc2)CCC(OCC2CC2)(c2cn(CC3CC3)c(-c3ccccc3)n2)CC1. The van der Waals surface area contributed by atoms with E-state index in [2.05, 4.69) is 35.0 Å². The third-order valence-electron chi connectivity index (χ3n) is 8.50. The molecule has 188 valence electrons. The van der Waals surface area contributed by atoms with E-state index in [0.29, 0.717) is 37.5 Å². The molecule has 0 atom stereocenters. The molecule has 5 nitrogen and oxygen atoms in total. The van der Waals surface area contributed by atoms with Gasteiger partial charge >= 0.3 is 0 Å². The second kappa shape index (κ2) is 9.15. The topological polar surface area (TPSA) is 70.1 Å². The highest BCUT2D eigenvalue weighted by atomic mass is 19.1. The molecule has 0 unspecified atom stereocenters. The predicted octanol–water partition coefficient (Wildman–Crippen LogP) is 5.72. The number of nitrogens with zero attached hydrogens (tertiary/aromatic N) is 2. The van der Waals surface area contributed by atoms with Crippen molar-refractivity contribution in [2.75, 3.05) is 6.61 Å². The Morgan fingerprint density at radius 1 is 0.972 bits per heavy atom. The van der Waals surface area contributed by atoms with Gasteiger partial charge < -0.3 is 15.0 Å². The summed E-state index contributed by atoms with van der Waals surface area (Å²) in [6.07, 6.45) is 9.55. The van der Waals surface area contributed by atoms with Crippen LogP contribution in [0.5, 0.6) is 0 Å². The van der Waals surface area contributed by atoms with E-state index in [1.54, 1.807) is 12.1 Å². The van der Waals surface area contributed by atoms with Crippen molar-refractivity contribution in [3.63, 3.8) is 0 Å². The number of carbonyl (C=O) groups is 1. The van der Waals surface area contributed by atoms with Crippen LogP contribution in [0.1, 0.15) is 62.6 Å². The molecule has 0 radical (unpaired) electrons. The molecule has 3 fully saturated rings. The standard InChI is InChI=1S/C30H34FN3O2/c31-25-12-10-24(11-13-25)29(28(32)35)14-16-30(17-15-29,36-20-22-8-9-22)26-19-34(18-21-6-7-21)27(33-26)23-4-2-1-3-5-23/h1-5,10-13,19,21-22H,6-9,14-18,20H2,(H2,32,35). The number of hydrogen-bond acceptors (Lipinski definition) is 3. The number of nitrogens with two attached hydrogens (primary N) is 1. The number of hydrogen-bond donors (Lipinski definition) is 1. The number of benzene rings is 2. The maximum Gasteiger partial charge on any atom is 0.228 e. The number of amides is 1. The van der Waals surface area contributed by atoms with Gasteiger partial charge in [0.2, 0.25) is 5.91 Å². The van der Waals surface area contributed by atoms with Crippen LogP contribution in [0.3, 0.4) is 0 Å². The van der Waals surface area contributed by atoms with E-state index >= 15 is 0 Å². The van der Waals surface area contributed by atoms with Gasteiger partial charge in [-0.3, -0.25) is 4.79 Å². The molecule has 6 heteroatoms. The second-order valence-corrected chi connectivity index (χ2v) is 11.1. The Hall–Kier alpha value is -2.99. The lowest BCUT2D eigenvalue weighted by Crippen LogP contribution is -2.48. The van der Waals surface area contributed by atoms with E-state index in [1.807, 2.05) is 6.07 Å². The molecule has 6 rings (SSSR count). The van der Waals surface area contributed by atoms with Crippen molar-refractivity contribution < 1.29 is 13.9 Å². The molecule has 1 heterocycles. The van der Waals surface area contributed by atoms with Gasteiger partial charge in [-0.1, -0.05) is 42.5 Å². The second-order valence-electron chi connectivity index (χ2n) is 11.1. The monoisotopic (exact) mass is 487 g/mol. The van der Waals surface area contributed by atoms with Crippen LogP contribution in [0.2, 0.25) is 0 Å². The Morgan fingerprint density at radius 2 is 1.64 bits per heavy atom. The first-order chi connectivity index (χ1) is 17.5. The van der Waals surface area contributed by atoms with Gasteiger partial charge in [-0.2, -0.15) is 0 Å². The number of imidazole rings is 1. The minimum atomic E-state index is -0.820. The Morgan fingerprint density at radius 3 is 2.25 bits per heavy atom. The van der Waals surface area contributed by atoms with Gasteiger partial charge in [0.25, 0.3) is 0 Å². The van der Waals surface area contributed by atoms with E-state index < -0.39 is 11.0 Å². The van der Waals surface area contributed by atoms with Gasteiger partial charge in [-0.05, 0) is 80.9 Å². The average molecular weight is 488 g/mol. The molecular formula is C30H34FN3O2. The van der Waals surface area contributed by atoms with E-state index in [1.165, 1.54) is 37.8 Å². The zero-order chi connectivity index (χ0) is 24.8. The fraction of sp³-hybridized carbons (Fsp3) is 0.467. The predicted molar refractivity (Wildman–Crippen MR) is 136 cm³/mol. The zero-order valence-corrected chi connectivity index (χ0v) is 20.7. The minimum Gasteiger partial charge on any atom is -0.369 e. The van der Waals surface area contributed by atoms with Crippen LogP contribution in [0.25, 0.3) is 11.4 Å². The molecule has 0 aliphatic heterocycles. The lowest BCUT2D eigenvalue weighted by atomic mass is 9.64. The summed E-state index contributed by atoms with van der Waals surface area (Å²) in [5, 5.41) is 0. The summed E-state index contributed by atoms with van der Waals surface area (Å²) in [5.74, 6) is 1.64. The van der Waals surface area contributed by atoms with Gasteiger partial charge in [-0.25, -0.2) is 9.37 Å². The summed E-state index contributed by atoms with van der Waals surface area (Å²) >= 11 is 0. The highest BCUT2D eigenvalue weighted by Crippen LogP contribution is 2.50. The molecule has 3 aromatic rings. The first kappa shape index (κ1) is 23.4. The fourth-order valence-corrected chi connectivity index (χ4v) is 5.73. The number of aromatic nitrogens is 2. The normalized spacial score (nSPS) is 26.1. The van der Waals surface area contributed by atoms with Crippen LogP contribution in [-0.2, 0) is 27.1 Å². The van der Waals surface area contributed by atoms with Crippen molar-refractivity contribution >= 4 is 5.91 Å². The van der Waals surface area contributed by atoms with Crippen LogP contribution < -0.4 is 5.73 Å². The third kappa shape index (κ3) is 4.47. The highest BCUT2D eigenvalue weighted by Gasteiger charge is 2.50. The smallest absolute Gasteiger partial charge is 0.228 e. The Labute approximate surface area is 211 Å². The fourth-order valence-electron chi connectivity index (χ4n) is 5.73. The summed E-state index contributed by atoms with van der Waals surface area (Å²) in [5.41, 5.74) is 7.48. The van der Waals surface area contributed by atoms with Crippen molar-refractivity contribution in [2.45, 2.75) is 68.9 Å². The lowest BCUT2D eigenvalue weighted by Gasteiger charge is -2.44. The molecule has 0 saturated heterocycles. The van der Waals surface area contributed by atoms with Crippen LogP contribution >= 0.6 is 0 Å². The molecule has 0 bridgehead atoms. The van der Waals surface area contributed by atoms with Crippen LogP contribution in [-0.4, -0.2) is 22.1 Å². The summed E-state index contributed by atoms with van der Waals surface area (Å²) in [7, 11) is 0. The van der Waals surface area contributed by atoms with Gasteiger partial charge in [0.1, 0.15) is 17.2 Å². The number of carbonyl (C=O) groups excluding carboxylic acids is 1. The molecule has 3 saturated carbocycles. The molecule has 2 aromatic carbocycles. The van der Waals surface area contributed by atoms with Gasteiger partial charge in [0, 0.05) is 18.3 Å². The van der Waals surface area contributed by atoms with Crippen molar-refractivity contribution in [1.29, 1.82) is 0 Å². The summed E-state index contributed by atoms with van der Waals surface area (Å²) in [4.78, 5) is 18.0. The van der Waals surface area contributed by atoms with E-state index in [4.69, 9.17) is 15.5 Å². The van der Waals surface area contributed by atoms with Crippen LogP contribution in [0, 0.1) is 17.7 Å². The third-order valence-corrected chi connectivity index (χ3v) is 8.50. The Bertz CT molecular complexity index is 1220. The van der Waals surface area contributed by atoms with Gasteiger partial charge in [0.15, 0.2) is 0 Å². The summed E-state index contributed by atoms with van der Waals surface area (Å²) in [6, 6.07) is 16.6. The van der Waals surface area contributed by atoms with Crippen LogP contribution in [0.15, 0.2) is 60.8 Å². The first-order valence-electron chi connectivity index (χ1n) is 13.3. The zero-order valence-electron chi connectivity index (χ0n) is 20.7. The molecule has 3 aliphatic carbocycles. The molecule has 1 amide bonds. The maximum absolute atomic E-state index is 13.6. The molecule has 1 aromatic heterocycles. The Balaban J connectivity index is 1.35. The van der Waals surface area contributed by atoms with Crippen molar-refractivity contribution in [3.8, 4) is 11.4 Å². The van der Waals surface area contributed by atoms with E-state index in [0.717, 1.165) is 35.8 Å². The molecule has 3 aliphatic rings. The molecular weight excluding hydrogens is 453 g/mol. The maximum atomic E-state index is 13.6. The van der Waals surface area contributed by atoms with E-state index in [9.17, 15) is 9.18 Å². The molecule has 2 N–H and O–H groups in total. The van der Waals surface area contributed by atoms with Crippen molar-refractivity contribution in [3.05, 3.63) is 77.9 Å². The molecule has 36 heavy (non-hydrogen) atoms. The molecule has 0 spiro atoms. The van der Waals surface area contributed by atoms with Crippen LogP contribution in [0.4, 0.5) is 4.39 Å². The van der Waals surface area contributed by atoms with Gasteiger partial charge in [0.05, 0.1) is 17.7 Å². The van der Waals surface area contributed by atoms with Crippen molar-refractivity contribution in [2.24, 2.45) is 17.6 Å². The van der Waals surface area contributed by atoms with Gasteiger partial charge in [-0.15, -0.1) is 0 Å². The highest BCUT2D eigenvalue weighted by molar-refractivity contribution is 5.87. The summed E-state index contributed by atoms with van der Waals surface area (Å²) < 4.78 is 22.7. The lowest BCUT2D eigenvalue weighted by molar-refractivity contribution is -0.132.